The van der Waals surface area contributed by atoms with E-state index in [-0.39, 0.29) is 0 Å². The van der Waals surface area contributed by atoms with Gasteiger partial charge in [-0.2, -0.15) is 0 Å². The number of methoxy groups -OCH3 is 1. The maximum atomic E-state index is 5.48. The molecule has 0 aliphatic carbocycles. The van der Waals surface area contributed by atoms with E-state index in [0.29, 0.717) is 6.10 Å². The van der Waals surface area contributed by atoms with Crippen LogP contribution in [0.5, 0.6) is 0 Å². The smallest absolute Gasteiger partial charge is 0.0544 e. The second-order valence-electron chi connectivity index (χ2n) is 3.51. The Bertz CT molecular complexity index is 94.1. The fourth-order valence-electron chi connectivity index (χ4n) is 1.15. The van der Waals surface area contributed by atoms with Gasteiger partial charge >= 0.3 is 0 Å². The summed E-state index contributed by atoms with van der Waals surface area (Å²) in [5.74, 6) is 0. The predicted molar refractivity (Wildman–Crippen MR) is 56.0 cm³/mol. The van der Waals surface area contributed by atoms with Crippen molar-refractivity contribution in [2.45, 2.75) is 52.1 Å². The Hall–Kier alpha value is -0.0800. The molecule has 0 amide bonds. The molecule has 13 heavy (non-hydrogen) atoms. The van der Waals surface area contributed by atoms with Gasteiger partial charge in [-0.05, 0) is 26.2 Å². The van der Waals surface area contributed by atoms with E-state index in [1.807, 2.05) is 0 Å². The van der Waals surface area contributed by atoms with Gasteiger partial charge in [-0.25, -0.2) is 0 Å². The van der Waals surface area contributed by atoms with Crippen molar-refractivity contribution < 1.29 is 9.47 Å². The molecule has 0 fully saturated rings. The molecule has 2 nitrogen and oxygen atoms in total. The van der Waals surface area contributed by atoms with E-state index in [4.69, 9.17) is 9.47 Å². The minimum absolute atomic E-state index is 0.374. The van der Waals surface area contributed by atoms with Crippen LogP contribution in [0.3, 0.4) is 0 Å². The molecule has 0 saturated carbocycles. The fourth-order valence-corrected chi connectivity index (χ4v) is 1.15. The largest absolute Gasteiger partial charge is 0.382 e. The number of hydrogen-bond acceptors (Lipinski definition) is 2. The van der Waals surface area contributed by atoms with Crippen LogP contribution in [0, 0.1) is 0 Å². The van der Waals surface area contributed by atoms with Crippen LogP contribution in [0.15, 0.2) is 0 Å². The van der Waals surface area contributed by atoms with Gasteiger partial charge in [0.05, 0.1) is 6.10 Å². The van der Waals surface area contributed by atoms with Crippen LogP contribution in [0.2, 0.25) is 0 Å². The molecule has 0 aromatic carbocycles. The van der Waals surface area contributed by atoms with Crippen molar-refractivity contribution in [1.82, 2.24) is 0 Å². The zero-order valence-electron chi connectivity index (χ0n) is 9.34. The van der Waals surface area contributed by atoms with E-state index >= 15 is 0 Å². The Balaban J connectivity index is 2.91. The van der Waals surface area contributed by atoms with E-state index in [9.17, 15) is 0 Å². The maximum Gasteiger partial charge on any atom is 0.0544 e. The number of ether oxygens (including phenoxy) is 2. The van der Waals surface area contributed by atoms with Crippen LogP contribution in [0.4, 0.5) is 0 Å². The van der Waals surface area contributed by atoms with Crippen molar-refractivity contribution in [3.8, 4) is 0 Å². The molecule has 2 heteroatoms. The number of rotatable bonds is 9. The molecular formula is C11H24O2. The van der Waals surface area contributed by atoms with E-state index in [0.717, 1.165) is 26.1 Å². The lowest BCUT2D eigenvalue weighted by Gasteiger charge is -2.08. The molecule has 80 valence electrons. The highest BCUT2D eigenvalue weighted by Gasteiger charge is 1.97. The minimum atomic E-state index is 0.374. The van der Waals surface area contributed by atoms with E-state index in [1.54, 1.807) is 7.11 Å². The average molecular weight is 188 g/mol. The summed E-state index contributed by atoms with van der Waals surface area (Å²) in [4.78, 5) is 0. The summed E-state index contributed by atoms with van der Waals surface area (Å²) in [5, 5.41) is 0. The Labute approximate surface area is 82.6 Å². The molecule has 0 saturated heterocycles. The van der Waals surface area contributed by atoms with E-state index in [1.165, 1.54) is 19.3 Å². The van der Waals surface area contributed by atoms with Gasteiger partial charge in [0, 0.05) is 20.3 Å². The van der Waals surface area contributed by atoms with Crippen molar-refractivity contribution in [2.24, 2.45) is 0 Å². The molecule has 0 aliphatic heterocycles. The molecule has 0 aromatic heterocycles. The predicted octanol–water partition coefficient (Wildman–Crippen LogP) is 3.01. The third-order valence-corrected chi connectivity index (χ3v) is 2.19. The van der Waals surface area contributed by atoms with Gasteiger partial charge in [0.25, 0.3) is 0 Å². The molecule has 0 bridgehead atoms. The maximum absolute atomic E-state index is 5.48. The SMILES string of the molecule is CCCCCOCCCC(C)OC. The molecule has 0 N–H and O–H groups in total. The van der Waals surface area contributed by atoms with Crippen LogP contribution in [-0.2, 0) is 9.47 Å². The van der Waals surface area contributed by atoms with Gasteiger partial charge in [-0.1, -0.05) is 19.8 Å². The first-order chi connectivity index (χ1) is 6.31. The number of hydrogen-bond donors (Lipinski definition) is 0. The monoisotopic (exact) mass is 188 g/mol. The highest BCUT2D eigenvalue weighted by Crippen LogP contribution is 2.01. The first-order valence-electron chi connectivity index (χ1n) is 5.41. The zero-order valence-corrected chi connectivity index (χ0v) is 9.34. The molecule has 0 spiro atoms. The topological polar surface area (TPSA) is 18.5 Å². The normalized spacial score (nSPS) is 13.2. The first-order valence-corrected chi connectivity index (χ1v) is 5.41. The second-order valence-corrected chi connectivity index (χ2v) is 3.51. The lowest BCUT2D eigenvalue weighted by molar-refractivity contribution is 0.0842. The molecule has 0 aliphatic rings. The van der Waals surface area contributed by atoms with Crippen molar-refractivity contribution in [3.63, 3.8) is 0 Å². The molecule has 0 rings (SSSR count). The Morgan fingerprint density at radius 1 is 1.08 bits per heavy atom. The van der Waals surface area contributed by atoms with Crippen molar-refractivity contribution in [3.05, 3.63) is 0 Å². The lowest BCUT2D eigenvalue weighted by atomic mass is 10.2. The summed E-state index contributed by atoms with van der Waals surface area (Å²) in [6.07, 6.45) is 6.35. The summed E-state index contributed by atoms with van der Waals surface area (Å²) >= 11 is 0. The number of unbranched alkanes of at least 4 members (excludes halogenated alkanes) is 2. The van der Waals surface area contributed by atoms with Gasteiger partial charge in [0.1, 0.15) is 0 Å². The summed E-state index contributed by atoms with van der Waals surface area (Å²) in [7, 11) is 1.76. The van der Waals surface area contributed by atoms with E-state index in [2.05, 4.69) is 13.8 Å². The van der Waals surface area contributed by atoms with Crippen LogP contribution >= 0.6 is 0 Å². The van der Waals surface area contributed by atoms with Gasteiger partial charge in [0.15, 0.2) is 0 Å². The average Bonchev–Trinajstić information content (AvgIpc) is 2.16. The second kappa shape index (κ2) is 10.0. The van der Waals surface area contributed by atoms with Crippen molar-refractivity contribution in [1.29, 1.82) is 0 Å². The third kappa shape index (κ3) is 9.84. The minimum Gasteiger partial charge on any atom is -0.382 e. The molecule has 1 atom stereocenters. The Kier molecular flexibility index (Phi) is 9.94. The molecule has 0 aromatic rings. The fraction of sp³-hybridized carbons (Fsp3) is 1.00. The van der Waals surface area contributed by atoms with Gasteiger partial charge in [-0.15, -0.1) is 0 Å². The van der Waals surface area contributed by atoms with Gasteiger partial charge in [-0.3, -0.25) is 0 Å². The van der Waals surface area contributed by atoms with Crippen molar-refractivity contribution >= 4 is 0 Å². The van der Waals surface area contributed by atoms with Crippen LogP contribution < -0.4 is 0 Å². The lowest BCUT2D eigenvalue weighted by Crippen LogP contribution is -2.06. The van der Waals surface area contributed by atoms with Crippen LogP contribution in [0.1, 0.15) is 46.0 Å². The summed E-state index contributed by atoms with van der Waals surface area (Å²) in [6, 6.07) is 0. The molecule has 0 heterocycles. The highest BCUT2D eigenvalue weighted by molar-refractivity contribution is 4.48. The summed E-state index contributed by atoms with van der Waals surface area (Å²) in [6.45, 7) is 6.12. The molecular weight excluding hydrogens is 164 g/mol. The van der Waals surface area contributed by atoms with Crippen LogP contribution in [-0.4, -0.2) is 26.4 Å². The summed E-state index contributed by atoms with van der Waals surface area (Å²) in [5.41, 5.74) is 0. The van der Waals surface area contributed by atoms with Gasteiger partial charge in [0.2, 0.25) is 0 Å². The standard InChI is InChI=1S/C11H24O2/c1-4-5-6-9-13-10-7-8-11(2)12-3/h11H,4-10H2,1-3H3. The zero-order chi connectivity index (χ0) is 9.94. The quantitative estimate of drug-likeness (QED) is 0.518. The third-order valence-electron chi connectivity index (χ3n) is 2.19. The summed E-state index contributed by atoms with van der Waals surface area (Å²) < 4.78 is 10.6. The van der Waals surface area contributed by atoms with Crippen molar-refractivity contribution in [2.75, 3.05) is 20.3 Å². The Morgan fingerprint density at radius 3 is 2.38 bits per heavy atom. The first kappa shape index (κ1) is 12.9. The molecule has 1 unspecified atom stereocenters. The van der Waals surface area contributed by atoms with Crippen LogP contribution in [0.25, 0.3) is 0 Å². The van der Waals surface area contributed by atoms with Gasteiger partial charge < -0.3 is 9.47 Å². The molecule has 0 radical (unpaired) electrons. The Morgan fingerprint density at radius 2 is 1.77 bits per heavy atom. The van der Waals surface area contributed by atoms with E-state index < -0.39 is 0 Å². The highest BCUT2D eigenvalue weighted by atomic mass is 16.5.